The average molecular weight is 419 g/mol. The van der Waals surface area contributed by atoms with Crippen LogP contribution < -0.4 is 10.1 Å². The summed E-state index contributed by atoms with van der Waals surface area (Å²) in [5.41, 5.74) is -1.14. The van der Waals surface area contributed by atoms with Crippen molar-refractivity contribution in [1.82, 2.24) is 9.78 Å². The minimum atomic E-state index is -4.73. The molecule has 0 spiro atoms. The number of amides is 1. The molecule has 0 unspecified atom stereocenters. The van der Waals surface area contributed by atoms with E-state index in [-0.39, 0.29) is 28.7 Å². The average Bonchev–Trinajstić information content (AvgIpc) is 3.38. The van der Waals surface area contributed by atoms with Crippen LogP contribution in [0.4, 0.5) is 24.5 Å². The molecule has 1 N–H and O–H groups in total. The van der Waals surface area contributed by atoms with Gasteiger partial charge in [-0.05, 0) is 18.9 Å². The number of ether oxygens (including phenoxy) is 1. The number of benzene rings is 1. The molecule has 1 aliphatic rings. The third kappa shape index (κ3) is 4.03. The molecule has 0 aliphatic heterocycles. The van der Waals surface area contributed by atoms with E-state index in [0.29, 0.717) is 12.8 Å². The summed E-state index contributed by atoms with van der Waals surface area (Å²) in [5.74, 6) is -0.806. The maximum atomic E-state index is 13.1. The van der Waals surface area contributed by atoms with E-state index in [1.165, 1.54) is 19.2 Å². The summed E-state index contributed by atoms with van der Waals surface area (Å²) in [4.78, 5) is 22.5. The fraction of sp³-hybridized carbons (Fsp3) is 0.375. The second kappa shape index (κ2) is 7.30. The van der Waals surface area contributed by atoms with Crippen molar-refractivity contribution in [1.29, 1.82) is 0 Å². The zero-order chi connectivity index (χ0) is 20.6. The molecule has 1 fully saturated rings. The number of alkyl halides is 3. The zero-order valence-corrected chi connectivity index (χ0v) is 15.2. The molecule has 2 aromatic rings. The molecule has 8 nitrogen and oxygen atoms in total. The smallest absolute Gasteiger partial charge is 0.436 e. The Morgan fingerprint density at radius 2 is 2.14 bits per heavy atom. The van der Waals surface area contributed by atoms with Gasteiger partial charge in [-0.1, -0.05) is 11.6 Å². The van der Waals surface area contributed by atoms with Crippen molar-refractivity contribution in [3.8, 4) is 5.75 Å². The van der Waals surface area contributed by atoms with Crippen LogP contribution in [-0.4, -0.2) is 27.7 Å². The second-order valence-corrected chi connectivity index (χ2v) is 6.55. The molecule has 0 radical (unpaired) electrons. The number of nitrogens with one attached hydrogen (secondary N) is 1. The van der Waals surface area contributed by atoms with Crippen LogP contribution in [0.25, 0.3) is 0 Å². The highest BCUT2D eigenvalue weighted by Gasteiger charge is 2.42. The number of hydrogen-bond acceptors (Lipinski definition) is 5. The second-order valence-electron chi connectivity index (χ2n) is 6.17. The number of anilines is 1. The normalized spacial score (nSPS) is 14.0. The first-order chi connectivity index (χ1) is 13.1. The lowest BCUT2D eigenvalue weighted by molar-refractivity contribution is -0.384. The highest BCUT2D eigenvalue weighted by Crippen LogP contribution is 2.46. The summed E-state index contributed by atoms with van der Waals surface area (Å²) in [7, 11) is 1.27. The predicted octanol–water partition coefficient (Wildman–Crippen LogP) is 3.99. The third-order valence-corrected chi connectivity index (χ3v) is 4.50. The molecule has 0 atom stereocenters. The highest BCUT2D eigenvalue weighted by atomic mass is 35.5. The van der Waals surface area contributed by atoms with Gasteiger partial charge in [0.15, 0.2) is 5.69 Å². The van der Waals surface area contributed by atoms with Gasteiger partial charge in [0.05, 0.1) is 34.5 Å². The van der Waals surface area contributed by atoms with Crippen molar-refractivity contribution >= 4 is 28.9 Å². The van der Waals surface area contributed by atoms with Crippen molar-refractivity contribution in [2.75, 3.05) is 12.4 Å². The highest BCUT2D eigenvalue weighted by molar-refractivity contribution is 6.32. The summed E-state index contributed by atoms with van der Waals surface area (Å²) in [6, 6.07) is 3.56. The van der Waals surface area contributed by atoms with Gasteiger partial charge < -0.3 is 10.1 Å². The van der Waals surface area contributed by atoms with Gasteiger partial charge >= 0.3 is 6.18 Å². The van der Waals surface area contributed by atoms with E-state index >= 15 is 0 Å². The molecule has 0 bridgehead atoms. The van der Waals surface area contributed by atoms with Crippen LogP contribution in [0.2, 0.25) is 5.02 Å². The Morgan fingerprint density at radius 1 is 1.46 bits per heavy atom. The Balaban J connectivity index is 1.83. The quantitative estimate of drug-likeness (QED) is 0.565. The van der Waals surface area contributed by atoms with E-state index in [0.717, 1.165) is 10.7 Å². The van der Waals surface area contributed by atoms with E-state index in [4.69, 9.17) is 16.3 Å². The van der Waals surface area contributed by atoms with Gasteiger partial charge in [0.2, 0.25) is 5.91 Å². The first-order valence-corrected chi connectivity index (χ1v) is 8.45. The van der Waals surface area contributed by atoms with Gasteiger partial charge in [-0.3, -0.25) is 19.6 Å². The summed E-state index contributed by atoms with van der Waals surface area (Å²) < 4.78 is 45.2. The number of carbonyl (C=O) groups is 1. The van der Waals surface area contributed by atoms with Gasteiger partial charge in [-0.25, -0.2) is 0 Å². The molecule has 1 saturated carbocycles. The van der Waals surface area contributed by atoms with Crippen LogP contribution in [-0.2, 0) is 17.5 Å². The minimum absolute atomic E-state index is 0.0412. The van der Waals surface area contributed by atoms with Crippen molar-refractivity contribution in [2.24, 2.45) is 0 Å². The van der Waals surface area contributed by atoms with Gasteiger partial charge in [-0.2, -0.15) is 18.3 Å². The molecule has 1 aliphatic carbocycles. The third-order valence-electron chi connectivity index (χ3n) is 4.13. The number of non-ortho nitro benzene ring substituents is 1. The van der Waals surface area contributed by atoms with Crippen molar-refractivity contribution in [3.05, 3.63) is 44.7 Å². The standard InChI is InChI=1S/C16H14ClF3N4O4/c1-28-11-6-9(24(26)27)4-5-10(11)21-12(25)7-23-14(8-2-3-8)13(17)15(22-23)16(18,19)20/h4-6,8H,2-3,7H2,1H3,(H,21,25). The van der Waals surface area contributed by atoms with Crippen LogP contribution in [0.1, 0.15) is 30.1 Å². The molecule has 3 rings (SSSR count). The lowest BCUT2D eigenvalue weighted by atomic mass is 10.2. The van der Waals surface area contributed by atoms with Gasteiger partial charge in [0.25, 0.3) is 5.69 Å². The summed E-state index contributed by atoms with van der Waals surface area (Å²) in [6.07, 6.45) is -3.40. The summed E-state index contributed by atoms with van der Waals surface area (Å²) in [6.45, 7) is -0.498. The molecule has 150 valence electrons. The van der Waals surface area contributed by atoms with E-state index in [9.17, 15) is 28.1 Å². The summed E-state index contributed by atoms with van der Waals surface area (Å²) >= 11 is 5.87. The van der Waals surface area contributed by atoms with Crippen molar-refractivity contribution in [2.45, 2.75) is 31.5 Å². The largest absolute Gasteiger partial charge is 0.494 e. The number of hydrogen-bond donors (Lipinski definition) is 1. The van der Waals surface area contributed by atoms with E-state index in [1.54, 1.807) is 0 Å². The van der Waals surface area contributed by atoms with Gasteiger partial charge in [-0.15, -0.1) is 0 Å². The van der Waals surface area contributed by atoms with Crippen LogP contribution >= 0.6 is 11.6 Å². The Hall–Kier alpha value is -2.82. The zero-order valence-electron chi connectivity index (χ0n) is 14.4. The SMILES string of the molecule is COc1cc([N+](=O)[O-])ccc1NC(=O)Cn1nc(C(F)(F)F)c(Cl)c1C1CC1. The van der Waals surface area contributed by atoms with E-state index in [1.807, 2.05) is 0 Å². The van der Waals surface area contributed by atoms with Crippen molar-refractivity contribution in [3.63, 3.8) is 0 Å². The lowest BCUT2D eigenvalue weighted by Crippen LogP contribution is -2.21. The molecular weight excluding hydrogens is 405 g/mol. The number of methoxy groups -OCH3 is 1. The Labute approximate surface area is 161 Å². The van der Waals surface area contributed by atoms with Crippen molar-refractivity contribution < 1.29 is 27.6 Å². The fourth-order valence-electron chi connectivity index (χ4n) is 2.72. The Bertz CT molecular complexity index is 941. The van der Waals surface area contributed by atoms with E-state index in [2.05, 4.69) is 10.4 Å². The number of halogens is 4. The number of nitro benzene ring substituents is 1. The van der Waals surface area contributed by atoms with Crippen LogP contribution in [0, 0.1) is 10.1 Å². The minimum Gasteiger partial charge on any atom is -0.494 e. The maximum Gasteiger partial charge on any atom is 0.436 e. The lowest BCUT2D eigenvalue weighted by Gasteiger charge is -2.11. The van der Waals surface area contributed by atoms with Gasteiger partial charge in [0.1, 0.15) is 12.3 Å². The maximum absolute atomic E-state index is 13.1. The van der Waals surface area contributed by atoms with Crippen LogP contribution in [0.5, 0.6) is 5.75 Å². The Kier molecular flexibility index (Phi) is 5.20. The Morgan fingerprint density at radius 3 is 2.68 bits per heavy atom. The predicted molar refractivity (Wildman–Crippen MR) is 92.5 cm³/mol. The molecular formula is C16H14ClF3N4O4. The van der Waals surface area contributed by atoms with Crippen LogP contribution in [0.15, 0.2) is 18.2 Å². The number of nitrogens with zero attached hydrogens (tertiary/aromatic N) is 3. The molecule has 1 heterocycles. The number of carbonyl (C=O) groups excluding carboxylic acids is 1. The first-order valence-electron chi connectivity index (χ1n) is 8.07. The summed E-state index contributed by atoms with van der Waals surface area (Å²) in [5, 5.41) is 16.3. The van der Waals surface area contributed by atoms with Crippen LogP contribution in [0.3, 0.4) is 0 Å². The number of rotatable bonds is 6. The molecule has 1 aromatic heterocycles. The topological polar surface area (TPSA) is 99.3 Å². The number of aromatic nitrogens is 2. The molecule has 1 aromatic carbocycles. The molecule has 28 heavy (non-hydrogen) atoms. The first kappa shape index (κ1) is 19.9. The number of nitro groups is 1. The van der Waals surface area contributed by atoms with E-state index < -0.39 is 34.3 Å². The molecule has 12 heteroatoms. The molecule has 0 saturated heterocycles. The van der Waals surface area contributed by atoms with Gasteiger partial charge in [0, 0.05) is 12.0 Å². The fourth-order valence-corrected chi connectivity index (χ4v) is 3.12. The monoisotopic (exact) mass is 418 g/mol. The molecule has 1 amide bonds.